The van der Waals surface area contributed by atoms with E-state index in [4.69, 9.17) is 0 Å². The summed E-state index contributed by atoms with van der Waals surface area (Å²) in [5.41, 5.74) is 0. The number of isothiocyanates is 1. The second-order valence-electron chi connectivity index (χ2n) is 3.64. The number of aliphatic imine (C=N–C) groups is 1. The molecule has 0 spiro atoms. The van der Waals surface area contributed by atoms with Crippen molar-refractivity contribution in [3.8, 4) is 0 Å². The summed E-state index contributed by atoms with van der Waals surface area (Å²) in [6.07, 6.45) is 1.40. The van der Waals surface area contributed by atoms with Gasteiger partial charge < -0.3 is 4.90 Å². The molecule has 0 atom stereocenters. The van der Waals surface area contributed by atoms with Crippen LogP contribution in [0.1, 0.15) is 12.8 Å². The van der Waals surface area contributed by atoms with Crippen LogP contribution in [0, 0.1) is 0 Å². The number of thiocarbonyl (C=S) groups is 1. The van der Waals surface area contributed by atoms with Crippen LogP contribution in [-0.2, 0) is 9.84 Å². The Hall–Kier alpha value is -0.290. The predicted molar refractivity (Wildman–Crippen MR) is 66.3 cm³/mol. The summed E-state index contributed by atoms with van der Waals surface area (Å²) in [5, 5.41) is 2.26. The molecular weight excluding hydrogens is 232 g/mol. The lowest BCUT2D eigenvalue weighted by atomic mass is 10.3. The highest BCUT2D eigenvalue weighted by atomic mass is 32.2. The van der Waals surface area contributed by atoms with E-state index in [0.29, 0.717) is 19.5 Å². The van der Waals surface area contributed by atoms with Crippen molar-refractivity contribution in [3.05, 3.63) is 0 Å². The maximum Gasteiger partial charge on any atom is 0.151 e. The average molecular weight is 250 g/mol. The molecule has 88 valence electrons. The van der Waals surface area contributed by atoms with E-state index in [0.717, 1.165) is 6.42 Å². The fourth-order valence-corrected chi connectivity index (χ4v) is 2.56. The number of rotatable bonds is 8. The summed E-state index contributed by atoms with van der Waals surface area (Å²) in [4.78, 5) is 5.60. The van der Waals surface area contributed by atoms with Gasteiger partial charge in [0, 0.05) is 13.1 Å². The normalized spacial score (nSPS) is 11.4. The van der Waals surface area contributed by atoms with Gasteiger partial charge in [-0.05, 0) is 39.2 Å². The SMILES string of the molecule is CN(C)CCS(=O)(=O)CCCCN=C=S. The van der Waals surface area contributed by atoms with Crippen molar-refractivity contribution >= 4 is 27.2 Å². The van der Waals surface area contributed by atoms with Crippen LogP contribution in [0.15, 0.2) is 4.99 Å². The molecule has 6 heteroatoms. The molecular formula is C9H18N2O2S2. The third-order valence-electron chi connectivity index (χ3n) is 1.89. The Labute approximate surface area is 97.3 Å². The molecule has 4 nitrogen and oxygen atoms in total. The summed E-state index contributed by atoms with van der Waals surface area (Å²) in [6, 6.07) is 0. The second-order valence-corrected chi connectivity index (χ2v) is 6.12. The van der Waals surface area contributed by atoms with Gasteiger partial charge in [-0.1, -0.05) is 0 Å². The smallest absolute Gasteiger partial charge is 0.151 e. The highest BCUT2D eigenvalue weighted by molar-refractivity contribution is 7.91. The van der Waals surface area contributed by atoms with Crippen molar-refractivity contribution < 1.29 is 8.42 Å². The highest BCUT2D eigenvalue weighted by Crippen LogP contribution is 1.98. The lowest BCUT2D eigenvalue weighted by molar-refractivity contribution is 0.432. The van der Waals surface area contributed by atoms with Gasteiger partial charge in [0.15, 0.2) is 9.84 Å². The van der Waals surface area contributed by atoms with Crippen molar-refractivity contribution in [1.82, 2.24) is 4.90 Å². The van der Waals surface area contributed by atoms with Crippen molar-refractivity contribution in [1.29, 1.82) is 0 Å². The van der Waals surface area contributed by atoms with Gasteiger partial charge in [-0.2, -0.15) is 0 Å². The standard InChI is InChI=1S/C9H18N2O2S2/c1-11(2)6-8-15(12,13)7-4-3-5-10-9-14/h3-8H2,1-2H3. The van der Waals surface area contributed by atoms with E-state index in [1.165, 1.54) is 0 Å². The quantitative estimate of drug-likeness (QED) is 0.364. The van der Waals surface area contributed by atoms with Crippen LogP contribution in [0.25, 0.3) is 0 Å². The zero-order valence-corrected chi connectivity index (χ0v) is 10.9. The third kappa shape index (κ3) is 10.0. The van der Waals surface area contributed by atoms with Gasteiger partial charge in [-0.15, -0.1) is 0 Å². The molecule has 0 radical (unpaired) electrons. The molecule has 0 N–H and O–H groups in total. The Morgan fingerprint density at radius 2 is 1.93 bits per heavy atom. The van der Waals surface area contributed by atoms with Crippen LogP contribution in [0.3, 0.4) is 0 Å². The van der Waals surface area contributed by atoms with E-state index in [1.807, 2.05) is 19.0 Å². The van der Waals surface area contributed by atoms with E-state index in [-0.39, 0.29) is 11.5 Å². The minimum atomic E-state index is -2.89. The van der Waals surface area contributed by atoms with E-state index in [9.17, 15) is 8.42 Å². The number of sulfone groups is 1. The topological polar surface area (TPSA) is 49.7 Å². The third-order valence-corrected chi connectivity index (χ3v) is 3.73. The van der Waals surface area contributed by atoms with Crippen LogP contribution in [0.2, 0.25) is 0 Å². The van der Waals surface area contributed by atoms with Gasteiger partial charge in [0.1, 0.15) is 0 Å². The first-order chi connectivity index (χ1) is 6.98. The van der Waals surface area contributed by atoms with E-state index in [2.05, 4.69) is 22.4 Å². The minimum absolute atomic E-state index is 0.233. The average Bonchev–Trinajstić information content (AvgIpc) is 2.15. The van der Waals surface area contributed by atoms with Gasteiger partial charge in [0.2, 0.25) is 0 Å². The van der Waals surface area contributed by atoms with Gasteiger partial charge >= 0.3 is 0 Å². The molecule has 0 heterocycles. The lowest BCUT2D eigenvalue weighted by Gasteiger charge is -2.09. The molecule has 0 aliphatic carbocycles. The summed E-state index contributed by atoms with van der Waals surface area (Å²) in [6.45, 7) is 1.16. The molecule has 0 aliphatic heterocycles. The number of unbranched alkanes of at least 4 members (excludes halogenated alkanes) is 1. The van der Waals surface area contributed by atoms with Gasteiger partial charge in [-0.25, -0.2) is 13.4 Å². The Kier molecular flexibility index (Phi) is 7.78. The zero-order valence-electron chi connectivity index (χ0n) is 9.27. The van der Waals surface area contributed by atoms with Gasteiger partial charge in [0.05, 0.1) is 16.7 Å². The number of hydrogen-bond acceptors (Lipinski definition) is 5. The molecule has 0 bridgehead atoms. The molecule has 0 aromatic rings. The number of nitrogens with zero attached hydrogens (tertiary/aromatic N) is 2. The van der Waals surface area contributed by atoms with E-state index in [1.54, 1.807) is 0 Å². The largest absolute Gasteiger partial charge is 0.308 e. The van der Waals surface area contributed by atoms with E-state index < -0.39 is 9.84 Å². The highest BCUT2D eigenvalue weighted by Gasteiger charge is 2.10. The van der Waals surface area contributed by atoms with Crippen LogP contribution in [-0.4, -0.2) is 57.2 Å². The molecule has 0 rings (SSSR count). The fraction of sp³-hybridized carbons (Fsp3) is 0.889. The van der Waals surface area contributed by atoms with Crippen LogP contribution in [0.5, 0.6) is 0 Å². The van der Waals surface area contributed by atoms with Crippen molar-refractivity contribution in [3.63, 3.8) is 0 Å². The lowest BCUT2D eigenvalue weighted by Crippen LogP contribution is -2.23. The Bertz CT molecular complexity index is 306. The minimum Gasteiger partial charge on any atom is -0.308 e. The van der Waals surface area contributed by atoms with E-state index >= 15 is 0 Å². The predicted octanol–water partition coefficient (Wildman–Crippen LogP) is 0.846. The Morgan fingerprint density at radius 3 is 2.47 bits per heavy atom. The zero-order chi connectivity index (χ0) is 11.7. The molecule has 0 fully saturated rings. The summed E-state index contributed by atoms with van der Waals surface area (Å²) >= 11 is 4.40. The Balaban J connectivity index is 3.70. The first-order valence-corrected chi connectivity index (χ1v) is 7.09. The first kappa shape index (κ1) is 14.7. The summed E-state index contributed by atoms with van der Waals surface area (Å²) in [5.74, 6) is 0.476. The molecule has 0 amide bonds. The van der Waals surface area contributed by atoms with Crippen molar-refractivity contribution in [2.75, 3.05) is 38.7 Å². The maximum absolute atomic E-state index is 11.5. The molecule has 0 aromatic heterocycles. The second kappa shape index (κ2) is 7.93. The van der Waals surface area contributed by atoms with Gasteiger partial charge in [0.25, 0.3) is 0 Å². The van der Waals surface area contributed by atoms with Crippen LogP contribution in [0.4, 0.5) is 0 Å². The van der Waals surface area contributed by atoms with Crippen molar-refractivity contribution in [2.45, 2.75) is 12.8 Å². The molecule has 15 heavy (non-hydrogen) atoms. The fourth-order valence-electron chi connectivity index (χ4n) is 0.982. The summed E-state index contributed by atoms with van der Waals surface area (Å²) < 4.78 is 22.9. The Morgan fingerprint density at radius 1 is 1.27 bits per heavy atom. The molecule has 0 saturated heterocycles. The molecule has 0 aliphatic rings. The molecule has 0 aromatic carbocycles. The van der Waals surface area contributed by atoms with Crippen molar-refractivity contribution in [2.24, 2.45) is 4.99 Å². The molecule has 0 saturated carbocycles. The molecule has 0 unspecified atom stereocenters. The maximum atomic E-state index is 11.5. The summed E-state index contributed by atoms with van der Waals surface area (Å²) in [7, 11) is 0.836. The van der Waals surface area contributed by atoms with Crippen LogP contribution >= 0.6 is 12.2 Å². The van der Waals surface area contributed by atoms with Gasteiger partial charge in [-0.3, -0.25) is 0 Å². The van der Waals surface area contributed by atoms with Crippen LogP contribution < -0.4 is 0 Å². The number of hydrogen-bond donors (Lipinski definition) is 0. The first-order valence-electron chi connectivity index (χ1n) is 4.87. The monoisotopic (exact) mass is 250 g/mol.